The number of nitrogens with zero attached hydrogens (tertiary/aromatic N) is 1. The van der Waals surface area contributed by atoms with E-state index >= 15 is 0 Å². The Morgan fingerprint density at radius 3 is 2.55 bits per heavy atom. The molecule has 0 radical (unpaired) electrons. The SMILES string of the molecule is NC1CC2CCC(C1)N2C(=O)c1ccc2c(c1)CCC2. The molecule has 1 aromatic carbocycles. The predicted molar refractivity (Wildman–Crippen MR) is 78.7 cm³/mol. The van der Waals surface area contributed by atoms with Crippen molar-refractivity contribution in [3.63, 3.8) is 0 Å². The quantitative estimate of drug-likeness (QED) is 0.851. The minimum absolute atomic E-state index is 0.235. The van der Waals surface area contributed by atoms with Gasteiger partial charge in [0.05, 0.1) is 0 Å². The van der Waals surface area contributed by atoms with Crippen molar-refractivity contribution in [3.05, 3.63) is 34.9 Å². The van der Waals surface area contributed by atoms with Crippen molar-refractivity contribution in [2.75, 3.05) is 0 Å². The molecule has 2 fully saturated rings. The molecule has 0 saturated carbocycles. The minimum atomic E-state index is 0.235. The summed E-state index contributed by atoms with van der Waals surface area (Å²) in [7, 11) is 0. The van der Waals surface area contributed by atoms with Gasteiger partial charge in [-0.25, -0.2) is 0 Å². The molecule has 3 nitrogen and oxygen atoms in total. The number of fused-ring (bicyclic) bond motifs is 3. The maximum Gasteiger partial charge on any atom is 0.254 e. The number of nitrogens with two attached hydrogens (primary N) is 1. The van der Waals surface area contributed by atoms with Gasteiger partial charge in [-0.05, 0) is 68.2 Å². The Morgan fingerprint density at radius 1 is 1.10 bits per heavy atom. The summed E-state index contributed by atoms with van der Waals surface area (Å²) in [6.45, 7) is 0. The van der Waals surface area contributed by atoms with E-state index in [4.69, 9.17) is 5.73 Å². The summed E-state index contributed by atoms with van der Waals surface area (Å²) in [5.74, 6) is 0.235. The van der Waals surface area contributed by atoms with Crippen molar-refractivity contribution in [3.8, 4) is 0 Å². The summed E-state index contributed by atoms with van der Waals surface area (Å²) in [5, 5.41) is 0. The first-order valence-electron chi connectivity index (χ1n) is 7.92. The topological polar surface area (TPSA) is 46.3 Å². The number of carbonyl (C=O) groups is 1. The second kappa shape index (κ2) is 4.59. The molecule has 3 aliphatic rings. The van der Waals surface area contributed by atoms with Gasteiger partial charge in [-0.1, -0.05) is 6.07 Å². The fourth-order valence-corrected chi connectivity index (χ4v) is 4.40. The average Bonchev–Trinajstić information content (AvgIpc) is 3.00. The Morgan fingerprint density at radius 2 is 1.80 bits per heavy atom. The van der Waals surface area contributed by atoms with E-state index in [2.05, 4.69) is 17.0 Å². The third kappa shape index (κ3) is 1.87. The van der Waals surface area contributed by atoms with E-state index in [0.29, 0.717) is 12.1 Å². The molecule has 106 valence electrons. The zero-order valence-electron chi connectivity index (χ0n) is 11.8. The zero-order chi connectivity index (χ0) is 13.7. The number of carbonyl (C=O) groups excluding carboxylic acids is 1. The number of aryl methyl sites for hydroxylation is 2. The second-order valence-electron chi connectivity index (χ2n) is 6.67. The van der Waals surface area contributed by atoms with Gasteiger partial charge in [0.15, 0.2) is 0 Å². The highest BCUT2D eigenvalue weighted by molar-refractivity contribution is 5.95. The number of rotatable bonds is 1. The van der Waals surface area contributed by atoms with E-state index in [0.717, 1.165) is 37.7 Å². The maximum atomic E-state index is 12.9. The van der Waals surface area contributed by atoms with E-state index in [-0.39, 0.29) is 11.9 Å². The zero-order valence-corrected chi connectivity index (χ0v) is 11.8. The fraction of sp³-hybridized carbons (Fsp3) is 0.588. The number of amides is 1. The van der Waals surface area contributed by atoms with E-state index in [9.17, 15) is 4.79 Å². The molecule has 2 N–H and O–H groups in total. The Labute approximate surface area is 120 Å². The standard InChI is InChI=1S/C17H22N2O/c18-14-9-15-6-7-16(10-14)19(15)17(20)13-5-4-11-2-1-3-12(11)8-13/h4-5,8,14-16H,1-3,6-7,9-10,18H2. The van der Waals surface area contributed by atoms with Crippen LogP contribution in [0, 0.1) is 0 Å². The van der Waals surface area contributed by atoms with Crippen LogP contribution in [0.1, 0.15) is 53.6 Å². The van der Waals surface area contributed by atoms with Gasteiger partial charge in [0.2, 0.25) is 0 Å². The van der Waals surface area contributed by atoms with Gasteiger partial charge < -0.3 is 10.6 Å². The van der Waals surface area contributed by atoms with E-state index in [1.54, 1.807) is 0 Å². The molecule has 2 unspecified atom stereocenters. The summed E-state index contributed by atoms with van der Waals surface area (Å²) in [6.07, 6.45) is 7.77. The lowest BCUT2D eigenvalue weighted by Crippen LogP contribution is -2.50. The van der Waals surface area contributed by atoms with E-state index in [1.807, 2.05) is 6.07 Å². The van der Waals surface area contributed by atoms with E-state index < -0.39 is 0 Å². The lowest BCUT2D eigenvalue weighted by atomic mass is 9.96. The van der Waals surface area contributed by atoms with Crippen LogP contribution in [0.5, 0.6) is 0 Å². The molecular formula is C17H22N2O. The van der Waals surface area contributed by atoms with Gasteiger partial charge in [0.25, 0.3) is 5.91 Å². The monoisotopic (exact) mass is 270 g/mol. The van der Waals surface area contributed by atoms with Gasteiger partial charge in [-0.3, -0.25) is 4.79 Å². The lowest BCUT2D eigenvalue weighted by Gasteiger charge is -2.37. The van der Waals surface area contributed by atoms with Crippen LogP contribution < -0.4 is 5.73 Å². The van der Waals surface area contributed by atoms with Crippen LogP contribution in [0.2, 0.25) is 0 Å². The number of hydrogen-bond acceptors (Lipinski definition) is 2. The van der Waals surface area contributed by atoms with Crippen molar-refractivity contribution in [1.82, 2.24) is 4.90 Å². The first-order valence-corrected chi connectivity index (χ1v) is 7.92. The molecule has 2 aliphatic heterocycles. The van der Waals surface area contributed by atoms with Gasteiger partial charge in [-0.2, -0.15) is 0 Å². The first-order chi connectivity index (χ1) is 9.72. The minimum Gasteiger partial charge on any atom is -0.333 e. The molecule has 20 heavy (non-hydrogen) atoms. The number of piperidine rings is 1. The summed E-state index contributed by atoms with van der Waals surface area (Å²) in [6, 6.07) is 7.37. The molecule has 1 aliphatic carbocycles. The first kappa shape index (κ1) is 12.4. The third-order valence-electron chi connectivity index (χ3n) is 5.35. The van der Waals surface area contributed by atoms with E-state index in [1.165, 1.54) is 24.0 Å². The molecule has 2 saturated heterocycles. The van der Waals surface area contributed by atoms with Crippen LogP contribution in [0.3, 0.4) is 0 Å². The normalized spacial score (nSPS) is 31.4. The van der Waals surface area contributed by atoms with Gasteiger partial charge in [0, 0.05) is 23.7 Å². The Bertz CT molecular complexity index is 540. The summed E-state index contributed by atoms with van der Waals surface area (Å²) in [4.78, 5) is 15.0. The van der Waals surface area contributed by atoms with Crippen LogP contribution in [0.15, 0.2) is 18.2 Å². The van der Waals surface area contributed by atoms with Crippen LogP contribution >= 0.6 is 0 Å². The third-order valence-corrected chi connectivity index (χ3v) is 5.35. The highest BCUT2D eigenvalue weighted by atomic mass is 16.2. The van der Waals surface area contributed by atoms with Crippen LogP contribution in [-0.2, 0) is 12.8 Å². The van der Waals surface area contributed by atoms with Crippen LogP contribution in [-0.4, -0.2) is 28.9 Å². The average molecular weight is 270 g/mol. The Hall–Kier alpha value is -1.35. The van der Waals surface area contributed by atoms with Gasteiger partial charge in [0.1, 0.15) is 0 Å². The largest absolute Gasteiger partial charge is 0.333 e. The van der Waals surface area contributed by atoms with Crippen LogP contribution in [0.25, 0.3) is 0 Å². The lowest BCUT2D eigenvalue weighted by molar-refractivity contribution is 0.0575. The molecule has 2 atom stereocenters. The summed E-state index contributed by atoms with van der Waals surface area (Å²) in [5.41, 5.74) is 9.80. The summed E-state index contributed by atoms with van der Waals surface area (Å²) >= 11 is 0. The number of hydrogen-bond donors (Lipinski definition) is 1. The Kier molecular flexibility index (Phi) is 2.84. The van der Waals surface area contributed by atoms with Crippen molar-refractivity contribution in [1.29, 1.82) is 0 Å². The molecule has 1 amide bonds. The molecular weight excluding hydrogens is 248 g/mol. The molecule has 0 aromatic heterocycles. The molecule has 4 rings (SSSR count). The van der Waals surface area contributed by atoms with Crippen molar-refractivity contribution in [2.45, 2.75) is 63.1 Å². The van der Waals surface area contributed by atoms with Crippen molar-refractivity contribution in [2.24, 2.45) is 5.73 Å². The Balaban J connectivity index is 1.61. The predicted octanol–water partition coefficient (Wildman–Crippen LogP) is 2.27. The summed E-state index contributed by atoms with van der Waals surface area (Å²) < 4.78 is 0. The molecule has 2 heterocycles. The fourth-order valence-electron chi connectivity index (χ4n) is 4.40. The molecule has 1 aromatic rings. The van der Waals surface area contributed by atoms with Crippen molar-refractivity contribution < 1.29 is 4.79 Å². The molecule has 0 spiro atoms. The van der Waals surface area contributed by atoms with Gasteiger partial charge >= 0.3 is 0 Å². The number of benzene rings is 1. The maximum absolute atomic E-state index is 12.9. The smallest absolute Gasteiger partial charge is 0.254 e. The molecule has 2 bridgehead atoms. The highest BCUT2D eigenvalue weighted by Crippen LogP contribution is 2.36. The molecule has 3 heteroatoms. The van der Waals surface area contributed by atoms with Crippen LogP contribution in [0.4, 0.5) is 0 Å². The highest BCUT2D eigenvalue weighted by Gasteiger charge is 2.42. The second-order valence-corrected chi connectivity index (χ2v) is 6.67. The van der Waals surface area contributed by atoms with Crippen molar-refractivity contribution >= 4 is 5.91 Å². The van der Waals surface area contributed by atoms with Gasteiger partial charge in [-0.15, -0.1) is 0 Å².